The van der Waals surface area contributed by atoms with Gasteiger partial charge in [0.05, 0.1) is 12.5 Å². The molecule has 1 fully saturated rings. The molecule has 0 aliphatic heterocycles. The van der Waals surface area contributed by atoms with Crippen LogP contribution in [0.25, 0.3) is 0 Å². The highest BCUT2D eigenvalue weighted by Gasteiger charge is 2.20. The van der Waals surface area contributed by atoms with Crippen LogP contribution in [0.5, 0.6) is 5.75 Å². The highest BCUT2D eigenvalue weighted by atomic mass is 35.5. The maximum Gasteiger partial charge on any atom is 0.119 e. The summed E-state index contributed by atoms with van der Waals surface area (Å²) in [5.41, 5.74) is 1.24. The highest BCUT2D eigenvalue weighted by Crippen LogP contribution is 2.28. The first-order valence-electron chi connectivity index (χ1n) is 6.81. The van der Waals surface area contributed by atoms with Crippen molar-refractivity contribution in [2.45, 2.75) is 25.4 Å². The van der Waals surface area contributed by atoms with Crippen LogP contribution >= 0.6 is 11.6 Å². The number of alkyl halides is 1. The molecule has 1 saturated carbocycles. The van der Waals surface area contributed by atoms with Crippen LogP contribution in [0.1, 0.15) is 18.4 Å². The van der Waals surface area contributed by atoms with Gasteiger partial charge in [0.15, 0.2) is 0 Å². The molecule has 0 aromatic heterocycles. The molecule has 19 heavy (non-hydrogen) atoms. The lowest BCUT2D eigenvalue weighted by molar-refractivity contribution is 0.125. The smallest absolute Gasteiger partial charge is 0.119 e. The van der Waals surface area contributed by atoms with Crippen molar-refractivity contribution in [3.05, 3.63) is 29.8 Å². The van der Waals surface area contributed by atoms with E-state index in [0.717, 1.165) is 31.3 Å². The number of hydrogen-bond donors (Lipinski definition) is 1. The van der Waals surface area contributed by atoms with Crippen molar-refractivity contribution in [1.82, 2.24) is 0 Å². The highest BCUT2D eigenvalue weighted by molar-refractivity contribution is 6.18. The van der Waals surface area contributed by atoms with Gasteiger partial charge in [-0.2, -0.15) is 0 Å². The van der Waals surface area contributed by atoms with E-state index in [0.29, 0.717) is 0 Å². The number of hydrogen-bond acceptors (Lipinski definition) is 3. The summed E-state index contributed by atoms with van der Waals surface area (Å²) in [5.74, 6) is 1.77. The molecule has 3 nitrogen and oxygen atoms in total. The van der Waals surface area contributed by atoms with E-state index in [1.807, 2.05) is 24.3 Å². The average molecular weight is 285 g/mol. The Labute approximate surface area is 119 Å². The van der Waals surface area contributed by atoms with Crippen LogP contribution in [-0.2, 0) is 11.2 Å². The van der Waals surface area contributed by atoms with Crippen molar-refractivity contribution in [1.29, 1.82) is 0 Å². The van der Waals surface area contributed by atoms with Crippen molar-refractivity contribution >= 4 is 11.6 Å². The molecule has 0 spiro atoms. The van der Waals surface area contributed by atoms with E-state index in [1.165, 1.54) is 18.4 Å². The Balaban J connectivity index is 1.65. The van der Waals surface area contributed by atoms with Gasteiger partial charge in [-0.05, 0) is 42.9 Å². The number of aliphatic hydroxyl groups excluding tert-OH is 1. The Morgan fingerprint density at radius 3 is 2.63 bits per heavy atom. The number of rotatable bonds is 9. The molecule has 4 heteroatoms. The van der Waals surface area contributed by atoms with Gasteiger partial charge in [-0.15, -0.1) is 11.6 Å². The first kappa shape index (κ1) is 14.6. The summed E-state index contributed by atoms with van der Waals surface area (Å²) in [6.07, 6.45) is 2.98. The van der Waals surface area contributed by atoms with Crippen molar-refractivity contribution in [2.75, 3.05) is 25.7 Å². The lowest BCUT2D eigenvalue weighted by Crippen LogP contribution is -2.18. The lowest BCUT2D eigenvalue weighted by Gasteiger charge is -2.10. The van der Waals surface area contributed by atoms with Crippen LogP contribution in [-0.4, -0.2) is 36.9 Å². The number of benzene rings is 1. The van der Waals surface area contributed by atoms with E-state index in [1.54, 1.807) is 0 Å². The Hall–Kier alpha value is -0.770. The maximum atomic E-state index is 9.29. The summed E-state index contributed by atoms with van der Waals surface area (Å²) >= 11 is 5.50. The van der Waals surface area contributed by atoms with E-state index in [9.17, 15) is 5.11 Å². The fourth-order valence-electron chi connectivity index (χ4n) is 1.71. The zero-order valence-electron chi connectivity index (χ0n) is 11.1. The molecule has 1 aliphatic carbocycles. The predicted molar refractivity (Wildman–Crippen MR) is 75.9 cm³/mol. The zero-order chi connectivity index (χ0) is 13.5. The van der Waals surface area contributed by atoms with Crippen LogP contribution in [0.4, 0.5) is 0 Å². The van der Waals surface area contributed by atoms with Gasteiger partial charge >= 0.3 is 0 Å². The molecular formula is C15H21ClO3. The molecular weight excluding hydrogens is 264 g/mol. The monoisotopic (exact) mass is 284 g/mol. The molecule has 1 aromatic carbocycles. The van der Waals surface area contributed by atoms with Crippen LogP contribution in [0.3, 0.4) is 0 Å². The van der Waals surface area contributed by atoms with E-state index >= 15 is 0 Å². The average Bonchev–Trinajstić information content (AvgIpc) is 3.26. The fraction of sp³-hybridized carbons (Fsp3) is 0.600. The third-order valence-electron chi connectivity index (χ3n) is 3.13. The van der Waals surface area contributed by atoms with Gasteiger partial charge in [0, 0.05) is 6.61 Å². The van der Waals surface area contributed by atoms with Crippen LogP contribution in [0.2, 0.25) is 0 Å². The molecule has 0 radical (unpaired) electrons. The van der Waals surface area contributed by atoms with Crippen molar-refractivity contribution in [3.8, 4) is 5.75 Å². The number of halogens is 1. The van der Waals surface area contributed by atoms with Crippen molar-refractivity contribution in [3.63, 3.8) is 0 Å². The molecule has 0 heterocycles. The van der Waals surface area contributed by atoms with Crippen LogP contribution in [0.15, 0.2) is 24.3 Å². The summed E-state index contributed by atoms with van der Waals surface area (Å²) in [7, 11) is 0. The minimum atomic E-state index is -0.614. The number of aliphatic hydroxyl groups is 1. The summed E-state index contributed by atoms with van der Waals surface area (Å²) < 4.78 is 11.0. The minimum absolute atomic E-state index is 0.191. The molecule has 1 aliphatic rings. The lowest BCUT2D eigenvalue weighted by atomic mass is 10.1. The predicted octanol–water partition coefficient (Wildman–Crippen LogP) is 2.63. The third kappa shape index (κ3) is 5.81. The molecule has 0 bridgehead atoms. The Morgan fingerprint density at radius 1 is 1.26 bits per heavy atom. The summed E-state index contributed by atoms with van der Waals surface area (Å²) in [6, 6.07) is 7.89. The van der Waals surface area contributed by atoms with Gasteiger partial charge in [-0.3, -0.25) is 0 Å². The Bertz CT molecular complexity index is 362. The number of ether oxygens (including phenoxy) is 2. The molecule has 1 unspecified atom stereocenters. The van der Waals surface area contributed by atoms with Gasteiger partial charge in [-0.25, -0.2) is 0 Å². The molecule has 2 rings (SSSR count). The SMILES string of the molecule is OC(CCl)COc1ccc(CCOCC2CC2)cc1. The molecule has 0 amide bonds. The first-order valence-corrected chi connectivity index (χ1v) is 7.35. The van der Waals surface area contributed by atoms with Crippen molar-refractivity contribution in [2.24, 2.45) is 5.92 Å². The fourth-order valence-corrected chi connectivity index (χ4v) is 1.80. The normalized spacial score (nSPS) is 16.3. The van der Waals surface area contributed by atoms with Crippen LogP contribution < -0.4 is 4.74 Å². The zero-order valence-corrected chi connectivity index (χ0v) is 11.8. The quantitative estimate of drug-likeness (QED) is 0.560. The second-order valence-corrected chi connectivity index (χ2v) is 5.34. The van der Waals surface area contributed by atoms with E-state index in [4.69, 9.17) is 21.1 Å². The van der Waals surface area contributed by atoms with Crippen LogP contribution in [0, 0.1) is 5.92 Å². The standard InChI is InChI=1S/C15H21ClO3/c16-9-14(17)11-19-15-5-3-12(4-6-15)7-8-18-10-13-1-2-13/h3-6,13-14,17H,1-2,7-11H2. The molecule has 1 atom stereocenters. The summed E-state index contributed by atoms with van der Waals surface area (Å²) in [6.45, 7) is 1.92. The second-order valence-electron chi connectivity index (χ2n) is 5.03. The van der Waals surface area contributed by atoms with Crippen molar-refractivity contribution < 1.29 is 14.6 Å². The van der Waals surface area contributed by atoms with E-state index in [2.05, 4.69) is 0 Å². The van der Waals surface area contributed by atoms with Gasteiger partial charge in [0.25, 0.3) is 0 Å². The van der Waals surface area contributed by atoms with Gasteiger partial charge in [0.1, 0.15) is 18.5 Å². The Morgan fingerprint density at radius 2 is 2.00 bits per heavy atom. The van der Waals surface area contributed by atoms with E-state index in [-0.39, 0.29) is 12.5 Å². The van der Waals surface area contributed by atoms with E-state index < -0.39 is 6.10 Å². The van der Waals surface area contributed by atoms with Gasteiger partial charge in [0.2, 0.25) is 0 Å². The summed E-state index contributed by atoms with van der Waals surface area (Å²) in [4.78, 5) is 0. The summed E-state index contributed by atoms with van der Waals surface area (Å²) in [5, 5.41) is 9.29. The molecule has 1 aromatic rings. The third-order valence-corrected chi connectivity index (χ3v) is 3.49. The minimum Gasteiger partial charge on any atom is -0.491 e. The molecule has 1 N–H and O–H groups in total. The molecule has 0 saturated heterocycles. The maximum absolute atomic E-state index is 9.29. The van der Waals surface area contributed by atoms with Gasteiger partial charge < -0.3 is 14.6 Å². The largest absolute Gasteiger partial charge is 0.491 e. The first-order chi connectivity index (χ1) is 9.28. The second kappa shape index (κ2) is 7.73. The molecule has 106 valence electrons. The topological polar surface area (TPSA) is 38.7 Å². The van der Waals surface area contributed by atoms with Gasteiger partial charge in [-0.1, -0.05) is 12.1 Å². The Kier molecular flexibility index (Phi) is 5.95.